The number of benzene rings is 3. The normalized spacial score (nSPS) is 11.8. The van der Waals surface area contributed by atoms with Crippen LogP contribution in [0.4, 0.5) is 5.69 Å². The molecule has 0 bridgehead atoms. The molecule has 0 spiro atoms. The second-order valence-electron chi connectivity index (χ2n) is 11.2. The number of carbonyl (C=O) groups excluding carboxylic acids is 2. The standard InChI is InChI=1S/C37H52N4O5/c1-5-40(6-2)22-12-24-44-35-27-31(37(43)45-25-13-23-41(7-3)8-4)18-21-34(35)39-36(42)33(38)26-29-16-19-32(20-17-29)46-28-30-14-10-9-11-15-30/h9-11,14-21,27,33H,5-8,12-13,22-26,28,38H2,1-4H3,(H,39,42)/t33-/m1/s1. The molecule has 3 aromatic rings. The summed E-state index contributed by atoms with van der Waals surface area (Å²) in [5.74, 6) is 0.399. The molecule has 1 amide bonds. The zero-order chi connectivity index (χ0) is 33.1. The summed E-state index contributed by atoms with van der Waals surface area (Å²) in [7, 11) is 0. The summed E-state index contributed by atoms with van der Waals surface area (Å²) in [6.45, 7) is 15.4. The van der Waals surface area contributed by atoms with Gasteiger partial charge in [0.05, 0.1) is 30.5 Å². The van der Waals surface area contributed by atoms with Crippen LogP contribution in [0.5, 0.6) is 11.5 Å². The minimum absolute atomic E-state index is 0.336. The van der Waals surface area contributed by atoms with Crippen LogP contribution >= 0.6 is 0 Å². The second kappa shape index (κ2) is 20.3. The molecule has 0 heterocycles. The number of nitrogens with zero attached hydrogens (tertiary/aromatic N) is 2. The molecule has 0 unspecified atom stereocenters. The first kappa shape index (κ1) is 36.5. The number of nitrogens with one attached hydrogen (secondary N) is 1. The van der Waals surface area contributed by atoms with Gasteiger partial charge >= 0.3 is 5.97 Å². The lowest BCUT2D eigenvalue weighted by atomic mass is 10.1. The van der Waals surface area contributed by atoms with E-state index in [-0.39, 0.29) is 5.91 Å². The van der Waals surface area contributed by atoms with Crippen LogP contribution in [0.3, 0.4) is 0 Å². The summed E-state index contributed by atoms with van der Waals surface area (Å²) in [6.07, 6.45) is 1.92. The lowest BCUT2D eigenvalue weighted by molar-refractivity contribution is -0.117. The van der Waals surface area contributed by atoms with Crippen molar-refractivity contribution in [2.24, 2.45) is 5.73 Å². The van der Waals surface area contributed by atoms with E-state index in [1.807, 2.05) is 54.6 Å². The van der Waals surface area contributed by atoms with E-state index in [1.165, 1.54) is 0 Å². The van der Waals surface area contributed by atoms with Crippen molar-refractivity contribution in [1.29, 1.82) is 0 Å². The van der Waals surface area contributed by atoms with Crippen molar-refractivity contribution in [1.82, 2.24) is 9.80 Å². The topological polar surface area (TPSA) is 106 Å². The Morgan fingerprint density at radius 3 is 2.02 bits per heavy atom. The maximum absolute atomic E-state index is 13.2. The second-order valence-corrected chi connectivity index (χ2v) is 11.2. The van der Waals surface area contributed by atoms with Gasteiger partial charge in [-0.15, -0.1) is 0 Å². The molecule has 0 saturated carbocycles. The molecule has 0 aliphatic carbocycles. The SMILES string of the molecule is CCN(CC)CCCOC(=O)c1ccc(NC(=O)[C@H](N)Cc2ccc(OCc3ccccc3)cc2)c(OCCCN(CC)CC)c1. The highest BCUT2D eigenvalue weighted by molar-refractivity contribution is 5.97. The maximum atomic E-state index is 13.2. The fourth-order valence-corrected chi connectivity index (χ4v) is 4.99. The Balaban J connectivity index is 1.60. The first-order valence-corrected chi connectivity index (χ1v) is 16.6. The lowest BCUT2D eigenvalue weighted by Gasteiger charge is -2.19. The average Bonchev–Trinajstić information content (AvgIpc) is 3.09. The zero-order valence-corrected chi connectivity index (χ0v) is 28.0. The minimum Gasteiger partial charge on any atom is -0.491 e. The number of hydrogen-bond donors (Lipinski definition) is 2. The third-order valence-electron chi connectivity index (χ3n) is 7.96. The van der Waals surface area contributed by atoms with Crippen LogP contribution in [0.1, 0.15) is 62.0 Å². The van der Waals surface area contributed by atoms with Gasteiger partial charge < -0.3 is 35.1 Å². The van der Waals surface area contributed by atoms with Gasteiger partial charge in [-0.2, -0.15) is 0 Å². The van der Waals surface area contributed by atoms with Crippen LogP contribution in [-0.4, -0.2) is 80.2 Å². The Labute approximate surface area is 275 Å². The van der Waals surface area contributed by atoms with Gasteiger partial charge in [-0.3, -0.25) is 4.79 Å². The molecule has 0 saturated heterocycles. The van der Waals surface area contributed by atoms with Crippen LogP contribution in [0.2, 0.25) is 0 Å². The molecule has 3 rings (SSSR count). The summed E-state index contributed by atoms with van der Waals surface area (Å²) >= 11 is 0. The number of esters is 1. The first-order chi connectivity index (χ1) is 22.4. The number of rotatable bonds is 21. The predicted molar refractivity (Wildman–Crippen MR) is 185 cm³/mol. The van der Waals surface area contributed by atoms with Crippen molar-refractivity contribution in [3.05, 3.63) is 89.5 Å². The smallest absolute Gasteiger partial charge is 0.338 e. The average molecular weight is 633 g/mol. The van der Waals surface area contributed by atoms with Crippen molar-refractivity contribution in [3.63, 3.8) is 0 Å². The Kier molecular flexibility index (Phi) is 16.1. The third-order valence-corrected chi connectivity index (χ3v) is 7.96. The Hall–Kier alpha value is -3.92. The molecule has 9 heteroatoms. The van der Waals surface area contributed by atoms with Gasteiger partial charge in [0, 0.05) is 13.1 Å². The van der Waals surface area contributed by atoms with E-state index in [2.05, 4.69) is 42.8 Å². The molecule has 46 heavy (non-hydrogen) atoms. The highest BCUT2D eigenvalue weighted by atomic mass is 16.5. The molecule has 1 atom stereocenters. The summed E-state index contributed by atoms with van der Waals surface area (Å²) in [5.41, 5.74) is 9.17. The van der Waals surface area contributed by atoms with Crippen LogP contribution in [-0.2, 0) is 22.6 Å². The van der Waals surface area contributed by atoms with Gasteiger partial charge in [0.25, 0.3) is 0 Å². The number of anilines is 1. The minimum atomic E-state index is -0.790. The summed E-state index contributed by atoms with van der Waals surface area (Å²) in [6, 6.07) is 21.7. The van der Waals surface area contributed by atoms with Gasteiger partial charge in [0.15, 0.2) is 0 Å². The Morgan fingerprint density at radius 2 is 1.39 bits per heavy atom. The molecule has 250 valence electrons. The molecule has 0 aliphatic rings. The van der Waals surface area contributed by atoms with Gasteiger partial charge in [-0.25, -0.2) is 4.79 Å². The lowest BCUT2D eigenvalue weighted by Crippen LogP contribution is -2.37. The monoisotopic (exact) mass is 632 g/mol. The largest absolute Gasteiger partial charge is 0.491 e. The van der Waals surface area contributed by atoms with Crippen LogP contribution < -0.4 is 20.5 Å². The predicted octanol–water partition coefficient (Wildman–Crippen LogP) is 5.77. The van der Waals surface area contributed by atoms with Gasteiger partial charge in [0.2, 0.25) is 5.91 Å². The van der Waals surface area contributed by atoms with Gasteiger partial charge in [-0.1, -0.05) is 70.2 Å². The molecule has 0 radical (unpaired) electrons. The van der Waals surface area contributed by atoms with E-state index in [1.54, 1.807) is 18.2 Å². The van der Waals surface area contributed by atoms with Crippen molar-refractivity contribution in [2.45, 2.75) is 59.6 Å². The number of hydrogen-bond acceptors (Lipinski definition) is 8. The molecular weight excluding hydrogens is 580 g/mol. The number of ether oxygens (including phenoxy) is 3. The van der Waals surface area contributed by atoms with Crippen LogP contribution in [0.15, 0.2) is 72.8 Å². The fraction of sp³-hybridized carbons (Fsp3) is 0.459. The maximum Gasteiger partial charge on any atom is 0.338 e. The summed E-state index contributed by atoms with van der Waals surface area (Å²) < 4.78 is 17.5. The summed E-state index contributed by atoms with van der Waals surface area (Å²) in [5, 5.41) is 2.91. The number of nitrogens with two attached hydrogens (primary N) is 1. The van der Waals surface area contributed by atoms with Crippen LogP contribution in [0, 0.1) is 0 Å². The van der Waals surface area contributed by atoms with E-state index < -0.39 is 12.0 Å². The highest BCUT2D eigenvalue weighted by Crippen LogP contribution is 2.27. The molecular formula is C37H52N4O5. The molecule has 0 aromatic heterocycles. The van der Waals surface area contributed by atoms with Crippen molar-refractivity contribution >= 4 is 17.6 Å². The van der Waals surface area contributed by atoms with Crippen molar-refractivity contribution in [3.8, 4) is 11.5 Å². The van der Waals surface area contributed by atoms with Gasteiger partial charge in [-0.05, 0) is 86.9 Å². The van der Waals surface area contributed by atoms with E-state index in [0.717, 1.165) is 69.0 Å². The van der Waals surface area contributed by atoms with E-state index >= 15 is 0 Å². The fourth-order valence-electron chi connectivity index (χ4n) is 4.99. The van der Waals surface area contributed by atoms with E-state index in [0.29, 0.717) is 43.2 Å². The van der Waals surface area contributed by atoms with E-state index in [9.17, 15) is 9.59 Å². The third kappa shape index (κ3) is 12.5. The number of carbonyl (C=O) groups is 2. The van der Waals surface area contributed by atoms with Crippen molar-refractivity contribution in [2.75, 3.05) is 57.8 Å². The van der Waals surface area contributed by atoms with Crippen LogP contribution in [0.25, 0.3) is 0 Å². The summed E-state index contributed by atoms with van der Waals surface area (Å²) in [4.78, 5) is 30.6. The molecule has 3 N–H and O–H groups in total. The molecule has 0 fully saturated rings. The Morgan fingerprint density at radius 1 is 0.761 bits per heavy atom. The number of amides is 1. The Bertz CT molecular complexity index is 1310. The first-order valence-electron chi connectivity index (χ1n) is 16.6. The van der Waals surface area contributed by atoms with Gasteiger partial charge in [0.1, 0.15) is 18.1 Å². The molecule has 0 aliphatic heterocycles. The van der Waals surface area contributed by atoms with Crippen molar-refractivity contribution < 1.29 is 23.8 Å². The molecule has 3 aromatic carbocycles. The zero-order valence-electron chi connectivity index (χ0n) is 28.0. The molecule has 9 nitrogen and oxygen atoms in total. The van der Waals surface area contributed by atoms with E-state index in [4.69, 9.17) is 19.9 Å². The quantitative estimate of drug-likeness (QED) is 0.113. The highest BCUT2D eigenvalue weighted by Gasteiger charge is 2.19.